The second-order valence-electron chi connectivity index (χ2n) is 10.5. The molecule has 11 nitrogen and oxygen atoms in total. The summed E-state index contributed by atoms with van der Waals surface area (Å²) in [6.45, 7) is 0.999. The molecule has 0 saturated heterocycles. The average Bonchev–Trinajstić information content (AvgIpc) is 3.16. The molecule has 1 aliphatic heterocycles. The molecule has 1 atom stereocenters. The van der Waals surface area contributed by atoms with Crippen molar-refractivity contribution in [2.24, 2.45) is 0 Å². The van der Waals surface area contributed by atoms with Gasteiger partial charge in [-0.3, -0.25) is 24.0 Å². The fourth-order valence-electron chi connectivity index (χ4n) is 4.91. The van der Waals surface area contributed by atoms with Gasteiger partial charge in [-0.25, -0.2) is 9.80 Å². The molecule has 0 bridgehead atoms. The van der Waals surface area contributed by atoms with E-state index < -0.39 is 54.7 Å². The van der Waals surface area contributed by atoms with Crippen LogP contribution in [0.1, 0.15) is 37.3 Å². The summed E-state index contributed by atoms with van der Waals surface area (Å²) < 4.78 is 41.3. The Morgan fingerprint density at radius 2 is 1.40 bits per heavy atom. The van der Waals surface area contributed by atoms with Gasteiger partial charge in [-0.15, -0.1) is 0 Å². The van der Waals surface area contributed by atoms with E-state index in [2.05, 4.69) is 10.1 Å². The number of carbonyl (C=O) groups excluding carboxylic acids is 6. The number of ether oxygens (including phenoxy) is 1. The number of aryl methyl sites for hydroxylation is 1. The highest BCUT2D eigenvalue weighted by molar-refractivity contribution is 6.11. The van der Waals surface area contributed by atoms with Crippen LogP contribution in [-0.2, 0) is 46.5 Å². The Kier molecular flexibility index (Phi) is 11.2. The molecule has 0 fully saturated rings. The zero-order valence-electron chi connectivity index (χ0n) is 25.2. The number of anilines is 2. The predicted molar refractivity (Wildman–Crippen MR) is 162 cm³/mol. The van der Waals surface area contributed by atoms with Gasteiger partial charge in [-0.1, -0.05) is 72.8 Å². The Labute approximate surface area is 267 Å². The van der Waals surface area contributed by atoms with Crippen molar-refractivity contribution < 1.29 is 46.7 Å². The minimum Gasteiger partial charge on any atom is -0.386 e. The van der Waals surface area contributed by atoms with E-state index in [-0.39, 0.29) is 36.8 Å². The molecule has 0 radical (unpaired) electrons. The van der Waals surface area contributed by atoms with E-state index in [4.69, 9.17) is 0 Å². The molecule has 3 aromatic rings. The van der Waals surface area contributed by atoms with Crippen LogP contribution in [0.4, 0.5) is 24.5 Å². The Morgan fingerprint density at radius 3 is 2.00 bits per heavy atom. The van der Waals surface area contributed by atoms with Crippen molar-refractivity contribution in [2.75, 3.05) is 16.5 Å². The molecular weight excluding hydrogens is 621 g/mol. The van der Waals surface area contributed by atoms with Crippen molar-refractivity contribution in [1.29, 1.82) is 0 Å². The lowest BCUT2D eigenvalue weighted by molar-refractivity contribution is -0.202. The Balaban J connectivity index is 1.67. The largest absolute Gasteiger partial charge is 0.491 e. The summed E-state index contributed by atoms with van der Waals surface area (Å²) >= 11 is 0. The van der Waals surface area contributed by atoms with E-state index >= 15 is 0 Å². The quantitative estimate of drug-likeness (QED) is 0.258. The van der Waals surface area contributed by atoms with Crippen molar-refractivity contribution in [3.8, 4) is 0 Å². The minimum atomic E-state index is -5.43. The van der Waals surface area contributed by atoms with E-state index in [0.29, 0.717) is 11.4 Å². The summed E-state index contributed by atoms with van der Waals surface area (Å²) in [6, 6.07) is 23.4. The van der Waals surface area contributed by atoms with Crippen LogP contribution in [0.5, 0.6) is 0 Å². The number of benzene rings is 3. The number of hydrazine groups is 1. The maximum absolute atomic E-state index is 14.2. The molecular formula is C33H31F3N4O7. The van der Waals surface area contributed by atoms with Crippen LogP contribution in [0, 0.1) is 0 Å². The zero-order chi connectivity index (χ0) is 34.1. The van der Waals surface area contributed by atoms with Crippen molar-refractivity contribution in [3.63, 3.8) is 0 Å². The molecule has 3 aromatic carbocycles. The first-order chi connectivity index (χ1) is 22.4. The fourth-order valence-corrected chi connectivity index (χ4v) is 4.91. The number of rotatable bonds is 10. The third-order valence-electron chi connectivity index (χ3n) is 7.16. The lowest BCUT2D eigenvalue weighted by Crippen LogP contribution is -2.58. The molecule has 0 aromatic heterocycles. The van der Waals surface area contributed by atoms with E-state index in [9.17, 15) is 41.9 Å². The van der Waals surface area contributed by atoms with Crippen molar-refractivity contribution in [2.45, 2.75) is 51.4 Å². The summed E-state index contributed by atoms with van der Waals surface area (Å²) in [5, 5.41) is 4.39. The first-order valence-electron chi connectivity index (χ1n) is 14.6. The number of carbonyl (C=O) groups is 6. The van der Waals surface area contributed by atoms with Crippen LogP contribution < -0.4 is 15.2 Å². The van der Waals surface area contributed by atoms with Crippen LogP contribution in [0.25, 0.3) is 0 Å². The van der Waals surface area contributed by atoms with Gasteiger partial charge in [0.1, 0.15) is 6.04 Å². The highest BCUT2D eigenvalue weighted by atomic mass is 19.4. The van der Waals surface area contributed by atoms with Gasteiger partial charge in [0.25, 0.3) is 5.91 Å². The van der Waals surface area contributed by atoms with E-state index in [0.717, 1.165) is 23.1 Å². The number of alkyl halides is 3. The molecule has 246 valence electrons. The van der Waals surface area contributed by atoms with Gasteiger partial charge >= 0.3 is 18.1 Å². The number of hydrogen-bond acceptors (Lipinski definition) is 8. The molecule has 0 saturated carbocycles. The van der Waals surface area contributed by atoms with Crippen LogP contribution in [0.15, 0.2) is 84.9 Å². The van der Waals surface area contributed by atoms with Crippen molar-refractivity contribution in [1.82, 2.24) is 10.3 Å². The van der Waals surface area contributed by atoms with Gasteiger partial charge in [0, 0.05) is 26.3 Å². The SMILES string of the molecule is CC(=O)N(C(=O)CCC(=O)OC(=O)C(F)(F)F)N1C(=O)[C@@H](NCc2ccccc2)CN(C(=O)CCc2ccccc2)c2ccccc21. The number of fused-ring (bicyclic) bond motifs is 1. The minimum absolute atomic E-state index is 0.00736. The number of para-hydroxylation sites is 2. The lowest BCUT2D eigenvalue weighted by Gasteiger charge is -2.33. The highest BCUT2D eigenvalue weighted by Gasteiger charge is 2.43. The molecule has 4 amide bonds. The van der Waals surface area contributed by atoms with Crippen molar-refractivity contribution >= 4 is 46.9 Å². The maximum atomic E-state index is 14.2. The van der Waals surface area contributed by atoms with E-state index in [1.807, 2.05) is 48.5 Å². The molecule has 1 aliphatic rings. The van der Waals surface area contributed by atoms with Crippen LogP contribution in [0.2, 0.25) is 0 Å². The van der Waals surface area contributed by atoms with Gasteiger partial charge < -0.3 is 15.0 Å². The number of nitrogens with one attached hydrogen (secondary N) is 1. The van der Waals surface area contributed by atoms with E-state index in [1.54, 1.807) is 24.3 Å². The molecule has 47 heavy (non-hydrogen) atoms. The Morgan fingerprint density at radius 1 is 0.830 bits per heavy atom. The monoisotopic (exact) mass is 652 g/mol. The topological polar surface area (TPSA) is 133 Å². The molecule has 4 rings (SSSR count). The molecule has 1 N–H and O–H groups in total. The van der Waals surface area contributed by atoms with Gasteiger partial charge in [0.2, 0.25) is 17.7 Å². The number of amides is 4. The van der Waals surface area contributed by atoms with E-state index in [1.165, 1.54) is 17.0 Å². The zero-order valence-corrected chi connectivity index (χ0v) is 25.2. The van der Waals surface area contributed by atoms with Crippen LogP contribution in [-0.4, -0.2) is 59.3 Å². The number of esters is 2. The smallest absolute Gasteiger partial charge is 0.386 e. The second-order valence-corrected chi connectivity index (χ2v) is 10.5. The van der Waals surface area contributed by atoms with Crippen LogP contribution >= 0.6 is 0 Å². The number of imide groups is 1. The summed E-state index contributed by atoms with van der Waals surface area (Å²) in [5.74, 6) is -7.61. The predicted octanol–water partition coefficient (Wildman–Crippen LogP) is 3.86. The second kappa shape index (κ2) is 15.3. The molecule has 0 aliphatic carbocycles. The van der Waals surface area contributed by atoms with Gasteiger partial charge in [0.15, 0.2) is 0 Å². The van der Waals surface area contributed by atoms with Crippen molar-refractivity contribution in [3.05, 3.63) is 96.1 Å². The summed E-state index contributed by atoms with van der Waals surface area (Å²) in [6.07, 6.45) is -6.82. The lowest BCUT2D eigenvalue weighted by atomic mass is 10.1. The average molecular weight is 653 g/mol. The Bertz CT molecular complexity index is 1630. The molecule has 14 heteroatoms. The highest BCUT2D eigenvalue weighted by Crippen LogP contribution is 2.35. The summed E-state index contributed by atoms with van der Waals surface area (Å²) in [7, 11) is 0. The Hall–Kier alpha value is -5.37. The number of halogens is 3. The first kappa shape index (κ1) is 34.5. The number of hydrogen-bond donors (Lipinski definition) is 1. The normalized spacial score (nSPS) is 14.6. The third kappa shape index (κ3) is 8.88. The summed E-state index contributed by atoms with van der Waals surface area (Å²) in [4.78, 5) is 78.7. The maximum Gasteiger partial charge on any atom is 0.491 e. The first-order valence-corrected chi connectivity index (χ1v) is 14.6. The summed E-state index contributed by atoms with van der Waals surface area (Å²) in [5.41, 5.74) is 1.95. The standard InChI is InChI=1S/C33H31F3N4O7/c1-22(41)39(29(43)18-19-30(44)47-32(46)33(34,35)36)40-27-15-9-8-14-26(27)38(28(42)17-16-23-10-4-2-5-11-23)21-25(31(40)45)37-20-24-12-6-3-7-13-24/h2-15,25,37H,16-21H2,1H3/t25-/m0/s1. The molecule has 1 heterocycles. The third-order valence-corrected chi connectivity index (χ3v) is 7.16. The van der Waals surface area contributed by atoms with Crippen LogP contribution in [0.3, 0.4) is 0 Å². The molecule has 0 spiro atoms. The fraction of sp³-hybridized carbons (Fsp3) is 0.273. The van der Waals surface area contributed by atoms with Gasteiger partial charge in [-0.2, -0.15) is 18.2 Å². The molecule has 0 unspecified atom stereocenters. The van der Waals surface area contributed by atoms with Gasteiger partial charge in [0.05, 0.1) is 24.3 Å². The van der Waals surface area contributed by atoms with Gasteiger partial charge in [-0.05, 0) is 29.7 Å². The number of nitrogens with zero attached hydrogens (tertiary/aromatic N) is 3.